The summed E-state index contributed by atoms with van der Waals surface area (Å²) in [5.74, 6) is 1.89. The highest BCUT2D eigenvalue weighted by Gasteiger charge is 2.08. The molecule has 0 aliphatic rings. The van der Waals surface area contributed by atoms with Crippen LogP contribution in [0, 0.1) is 6.92 Å². The number of nitrogens with zero attached hydrogens (tertiary/aromatic N) is 4. The Morgan fingerprint density at radius 3 is 2.88 bits per heavy atom. The first kappa shape index (κ1) is 12.3. The number of anilines is 1. The number of aryl methyl sites for hydroxylation is 1. The van der Waals surface area contributed by atoms with Gasteiger partial charge in [-0.05, 0) is 20.8 Å². The minimum atomic E-state index is 0.361. The average Bonchev–Trinajstić information content (AvgIpc) is 2.84. The van der Waals surface area contributed by atoms with Gasteiger partial charge in [-0.15, -0.1) is 10.2 Å². The first-order chi connectivity index (χ1) is 8.13. The Morgan fingerprint density at radius 1 is 1.41 bits per heavy atom. The Labute approximate surface area is 107 Å². The Hall–Kier alpha value is -1.15. The SMILES string of the molecule is Cc1noc(CSc2nnc(NC(C)C)s2)n1. The molecule has 17 heavy (non-hydrogen) atoms. The summed E-state index contributed by atoms with van der Waals surface area (Å²) in [6.07, 6.45) is 0. The first-order valence-electron chi connectivity index (χ1n) is 5.15. The minimum absolute atomic E-state index is 0.361. The summed E-state index contributed by atoms with van der Waals surface area (Å²) in [5.41, 5.74) is 0. The molecule has 0 unspecified atom stereocenters. The lowest BCUT2D eigenvalue weighted by Crippen LogP contribution is -2.08. The Kier molecular flexibility index (Phi) is 3.95. The Morgan fingerprint density at radius 2 is 2.24 bits per heavy atom. The molecule has 0 atom stereocenters. The third-order valence-electron chi connectivity index (χ3n) is 1.71. The maximum Gasteiger partial charge on any atom is 0.237 e. The van der Waals surface area contributed by atoms with Crippen LogP contribution < -0.4 is 5.32 Å². The molecule has 0 aliphatic heterocycles. The molecule has 0 fully saturated rings. The first-order valence-corrected chi connectivity index (χ1v) is 6.95. The molecule has 8 heteroatoms. The van der Waals surface area contributed by atoms with Crippen molar-refractivity contribution < 1.29 is 4.52 Å². The van der Waals surface area contributed by atoms with Gasteiger partial charge in [0.15, 0.2) is 10.2 Å². The van der Waals surface area contributed by atoms with Crippen LogP contribution >= 0.6 is 23.1 Å². The van der Waals surface area contributed by atoms with Gasteiger partial charge in [0.1, 0.15) is 0 Å². The van der Waals surface area contributed by atoms with Gasteiger partial charge in [0.2, 0.25) is 11.0 Å². The van der Waals surface area contributed by atoms with Gasteiger partial charge in [0.05, 0.1) is 5.75 Å². The Bertz CT molecular complexity index is 481. The highest BCUT2D eigenvalue weighted by Crippen LogP contribution is 2.28. The number of hydrogen-bond acceptors (Lipinski definition) is 8. The third-order valence-corrected chi connectivity index (χ3v) is 3.68. The zero-order valence-corrected chi connectivity index (χ0v) is 11.4. The number of aromatic nitrogens is 4. The summed E-state index contributed by atoms with van der Waals surface area (Å²) in [4.78, 5) is 4.12. The van der Waals surface area contributed by atoms with E-state index in [9.17, 15) is 0 Å². The van der Waals surface area contributed by atoms with Crippen LogP contribution in [0.5, 0.6) is 0 Å². The standard InChI is InChI=1S/C9H13N5OS2/c1-5(2)10-8-12-13-9(17-8)16-4-7-11-6(3)14-15-7/h5H,4H2,1-3H3,(H,10,12). The summed E-state index contributed by atoms with van der Waals surface area (Å²) in [6.45, 7) is 5.93. The van der Waals surface area contributed by atoms with Crippen molar-refractivity contribution >= 4 is 28.2 Å². The number of hydrogen-bond donors (Lipinski definition) is 1. The maximum atomic E-state index is 5.02. The topological polar surface area (TPSA) is 76.7 Å². The van der Waals surface area contributed by atoms with Gasteiger partial charge in [-0.1, -0.05) is 28.3 Å². The zero-order chi connectivity index (χ0) is 12.3. The zero-order valence-electron chi connectivity index (χ0n) is 9.80. The van der Waals surface area contributed by atoms with Crippen molar-refractivity contribution in [3.8, 4) is 0 Å². The largest absolute Gasteiger partial charge is 0.358 e. The van der Waals surface area contributed by atoms with Gasteiger partial charge in [-0.3, -0.25) is 0 Å². The third kappa shape index (κ3) is 3.67. The van der Waals surface area contributed by atoms with Crippen LogP contribution in [0.3, 0.4) is 0 Å². The molecule has 1 N–H and O–H groups in total. The van der Waals surface area contributed by atoms with Gasteiger partial charge < -0.3 is 9.84 Å². The van der Waals surface area contributed by atoms with E-state index in [2.05, 4.69) is 39.5 Å². The van der Waals surface area contributed by atoms with Crippen molar-refractivity contribution in [2.24, 2.45) is 0 Å². The van der Waals surface area contributed by atoms with E-state index in [4.69, 9.17) is 4.52 Å². The molecule has 0 saturated heterocycles. The highest BCUT2D eigenvalue weighted by atomic mass is 32.2. The maximum absolute atomic E-state index is 5.02. The van der Waals surface area contributed by atoms with E-state index in [0.717, 1.165) is 9.47 Å². The predicted octanol–water partition coefficient (Wildman–Crippen LogP) is 2.34. The second kappa shape index (κ2) is 5.46. The van der Waals surface area contributed by atoms with Crippen LogP contribution in [0.2, 0.25) is 0 Å². The van der Waals surface area contributed by atoms with E-state index < -0.39 is 0 Å². The summed E-state index contributed by atoms with van der Waals surface area (Å²) in [6, 6.07) is 0.361. The lowest BCUT2D eigenvalue weighted by Gasteiger charge is -2.02. The molecule has 0 radical (unpaired) electrons. The van der Waals surface area contributed by atoms with Gasteiger partial charge in [0, 0.05) is 6.04 Å². The van der Waals surface area contributed by atoms with Crippen LogP contribution in [-0.4, -0.2) is 26.4 Å². The summed E-state index contributed by atoms with van der Waals surface area (Å²) in [5, 5.41) is 15.9. The summed E-state index contributed by atoms with van der Waals surface area (Å²) in [7, 11) is 0. The van der Waals surface area contributed by atoms with Gasteiger partial charge in [-0.25, -0.2) is 0 Å². The predicted molar refractivity (Wildman–Crippen MR) is 67.3 cm³/mol. The van der Waals surface area contributed by atoms with Crippen molar-refractivity contribution in [3.63, 3.8) is 0 Å². The number of nitrogens with one attached hydrogen (secondary N) is 1. The van der Waals surface area contributed by atoms with Crippen LogP contribution in [0.25, 0.3) is 0 Å². The molecule has 2 aromatic rings. The molecule has 0 spiro atoms. The molecular weight excluding hydrogens is 258 g/mol. The van der Waals surface area contributed by atoms with Crippen molar-refractivity contribution in [2.75, 3.05) is 5.32 Å². The molecule has 6 nitrogen and oxygen atoms in total. The molecule has 0 saturated carbocycles. The average molecular weight is 271 g/mol. The highest BCUT2D eigenvalue weighted by molar-refractivity contribution is 8.00. The monoisotopic (exact) mass is 271 g/mol. The smallest absolute Gasteiger partial charge is 0.237 e. The summed E-state index contributed by atoms with van der Waals surface area (Å²) >= 11 is 3.07. The lowest BCUT2D eigenvalue weighted by atomic mass is 10.4. The molecule has 0 bridgehead atoms. The second-order valence-corrected chi connectivity index (χ2v) is 5.90. The van der Waals surface area contributed by atoms with Crippen molar-refractivity contribution in [3.05, 3.63) is 11.7 Å². The molecule has 0 aliphatic carbocycles. The molecule has 2 heterocycles. The van der Waals surface area contributed by atoms with Crippen LogP contribution in [-0.2, 0) is 5.75 Å². The van der Waals surface area contributed by atoms with E-state index in [-0.39, 0.29) is 0 Å². The summed E-state index contributed by atoms with van der Waals surface area (Å²) < 4.78 is 5.91. The van der Waals surface area contributed by atoms with E-state index in [1.54, 1.807) is 18.7 Å². The normalized spacial score (nSPS) is 11.1. The van der Waals surface area contributed by atoms with E-state index in [1.807, 2.05) is 0 Å². The second-order valence-electron chi connectivity index (χ2n) is 3.70. The van der Waals surface area contributed by atoms with Crippen molar-refractivity contribution in [1.82, 2.24) is 20.3 Å². The molecular formula is C9H13N5OS2. The fourth-order valence-corrected chi connectivity index (χ4v) is 2.83. The lowest BCUT2D eigenvalue weighted by molar-refractivity contribution is 0.387. The Balaban J connectivity index is 1.89. The van der Waals surface area contributed by atoms with Crippen LogP contribution in [0.15, 0.2) is 8.86 Å². The van der Waals surface area contributed by atoms with E-state index in [0.29, 0.717) is 23.5 Å². The molecule has 0 aromatic carbocycles. The van der Waals surface area contributed by atoms with Gasteiger partial charge in [0.25, 0.3) is 0 Å². The fourth-order valence-electron chi connectivity index (χ4n) is 1.10. The number of rotatable bonds is 5. The molecule has 2 aromatic heterocycles. The minimum Gasteiger partial charge on any atom is -0.358 e. The van der Waals surface area contributed by atoms with Gasteiger partial charge >= 0.3 is 0 Å². The van der Waals surface area contributed by atoms with E-state index in [1.165, 1.54) is 11.3 Å². The molecule has 92 valence electrons. The van der Waals surface area contributed by atoms with Crippen LogP contribution in [0.1, 0.15) is 25.6 Å². The fraction of sp³-hybridized carbons (Fsp3) is 0.556. The molecule has 2 rings (SSSR count). The van der Waals surface area contributed by atoms with Crippen molar-refractivity contribution in [2.45, 2.75) is 36.9 Å². The van der Waals surface area contributed by atoms with Gasteiger partial charge in [-0.2, -0.15) is 4.98 Å². The van der Waals surface area contributed by atoms with E-state index >= 15 is 0 Å². The van der Waals surface area contributed by atoms with Crippen molar-refractivity contribution in [1.29, 1.82) is 0 Å². The van der Waals surface area contributed by atoms with Crippen LogP contribution in [0.4, 0.5) is 5.13 Å². The molecule has 0 amide bonds. The number of thioether (sulfide) groups is 1. The quantitative estimate of drug-likeness (QED) is 0.836.